The van der Waals surface area contributed by atoms with Crippen molar-refractivity contribution >= 4 is 17.5 Å². The van der Waals surface area contributed by atoms with Crippen LogP contribution in [0.3, 0.4) is 0 Å². The smallest absolute Gasteiger partial charge is 0.324 e. The fraction of sp³-hybridized carbons (Fsp3) is 0.700. The van der Waals surface area contributed by atoms with Crippen molar-refractivity contribution in [1.82, 2.24) is 15.0 Å². The van der Waals surface area contributed by atoms with E-state index in [4.69, 9.17) is 21.1 Å². The molecule has 0 atom stereocenters. The average Bonchev–Trinajstić information content (AvgIpc) is 2.37. The average molecular weight is 261 g/mol. The van der Waals surface area contributed by atoms with E-state index in [-0.39, 0.29) is 12.0 Å². The molecule has 0 aliphatic rings. The fourth-order valence-corrected chi connectivity index (χ4v) is 1.54. The zero-order chi connectivity index (χ0) is 12.7. The van der Waals surface area contributed by atoms with E-state index in [1.165, 1.54) is 14.2 Å². The van der Waals surface area contributed by atoms with Crippen molar-refractivity contribution in [2.45, 2.75) is 13.3 Å². The van der Waals surface area contributed by atoms with Crippen LogP contribution in [-0.4, -0.2) is 48.1 Å². The molecular weight excluding hydrogens is 244 g/mol. The van der Waals surface area contributed by atoms with Crippen molar-refractivity contribution in [1.29, 1.82) is 0 Å². The van der Waals surface area contributed by atoms with E-state index in [1.54, 1.807) is 0 Å². The van der Waals surface area contributed by atoms with E-state index in [0.29, 0.717) is 18.4 Å². The standard InChI is InChI=1S/C10H17ClN4O2/c1-4-6-15(7-5-11)8-12-9(16-2)14-10(13-8)17-3/h4-7H2,1-3H3. The minimum atomic E-state index is 0.238. The van der Waals surface area contributed by atoms with Gasteiger partial charge in [0.15, 0.2) is 0 Å². The maximum Gasteiger partial charge on any atom is 0.324 e. The summed E-state index contributed by atoms with van der Waals surface area (Å²) in [5.41, 5.74) is 0. The summed E-state index contributed by atoms with van der Waals surface area (Å²) in [6.07, 6.45) is 0.979. The predicted molar refractivity (Wildman–Crippen MR) is 66.2 cm³/mol. The van der Waals surface area contributed by atoms with Gasteiger partial charge in [0, 0.05) is 19.0 Å². The number of alkyl halides is 1. The first-order valence-corrected chi connectivity index (χ1v) is 5.93. The molecule has 0 saturated carbocycles. The molecule has 0 saturated heterocycles. The molecule has 1 aromatic rings. The minimum absolute atomic E-state index is 0.238. The molecule has 1 heterocycles. The van der Waals surface area contributed by atoms with Crippen molar-refractivity contribution in [3.05, 3.63) is 0 Å². The molecule has 96 valence electrons. The zero-order valence-corrected chi connectivity index (χ0v) is 11.1. The van der Waals surface area contributed by atoms with Crippen molar-refractivity contribution in [3.8, 4) is 12.0 Å². The first-order valence-electron chi connectivity index (χ1n) is 5.40. The van der Waals surface area contributed by atoms with Crippen LogP contribution < -0.4 is 14.4 Å². The number of anilines is 1. The first kappa shape index (κ1) is 13.8. The van der Waals surface area contributed by atoms with Gasteiger partial charge in [-0.25, -0.2) is 0 Å². The fourth-order valence-electron chi connectivity index (χ4n) is 1.34. The van der Waals surface area contributed by atoms with Gasteiger partial charge in [-0.05, 0) is 6.42 Å². The van der Waals surface area contributed by atoms with Gasteiger partial charge >= 0.3 is 12.0 Å². The van der Waals surface area contributed by atoms with Gasteiger partial charge in [0.2, 0.25) is 5.95 Å². The predicted octanol–water partition coefficient (Wildman–Crippen LogP) is 1.34. The Morgan fingerprint density at radius 2 is 1.65 bits per heavy atom. The lowest BCUT2D eigenvalue weighted by atomic mass is 10.4. The molecule has 17 heavy (non-hydrogen) atoms. The number of aromatic nitrogens is 3. The quantitative estimate of drug-likeness (QED) is 0.690. The summed E-state index contributed by atoms with van der Waals surface area (Å²) in [5, 5.41) is 0. The van der Waals surface area contributed by atoms with Crippen LogP contribution in [0.15, 0.2) is 0 Å². The van der Waals surface area contributed by atoms with Gasteiger partial charge in [-0.2, -0.15) is 9.97 Å². The summed E-state index contributed by atoms with van der Waals surface area (Å²) in [4.78, 5) is 14.3. The second-order valence-electron chi connectivity index (χ2n) is 3.28. The highest BCUT2D eigenvalue weighted by atomic mass is 35.5. The molecule has 0 aromatic carbocycles. The van der Waals surface area contributed by atoms with Crippen LogP contribution >= 0.6 is 11.6 Å². The summed E-state index contributed by atoms with van der Waals surface area (Å²) in [6, 6.07) is 0.477. The number of halogens is 1. The minimum Gasteiger partial charge on any atom is -0.467 e. The topological polar surface area (TPSA) is 60.4 Å². The molecule has 0 N–H and O–H groups in total. The monoisotopic (exact) mass is 260 g/mol. The molecule has 0 bridgehead atoms. The van der Waals surface area contributed by atoms with Gasteiger partial charge in [-0.3, -0.25) is 0 Å². The van der Waals surface area contributed by atoms with Gasteiger partial charge in [-0.1, -0.05) is 6.92 Å². The third kappa shape index (κ3) is 3.89. The van der Waals surface area contributed by atoms with E-state index in [2.05, 4.69) is 21.9 Å². The highest BCUT2D eigenvalue weighted by Crippen LogP contribution is 2.16. The summed E-state index contributed by atoms with van der Waals surface area (Å²) in [6.45, 7) is 3.58. The van der Waals surface area contributed by atoms with Gasteiger partial charge < -0.3 is 14.4 Å². The normalized spacial score (nSPS) is 10.1. The van der Waals surface area contributed by atoms with E-state index < -0.39 is 0 Å². The molecule has 0 aliphatic carbocycles. The molecule has 0 unspecified atom stereocenters. The zero-order valence-electron chi connectivity index (χ0n) is 10.3. The first-order chi connectivity index (χ1) is 8.24. The molecule has 1 rings (SSSR count). The van der Waals surface area contributed by atoms with Crippen LogP contribution in [0.1, 0.15) is 13.3 Å². The summed E-state index contributed by atoms with van der Waals surface area (Å²) in [7, 11) is 3.01. The Morgan fingerprint density at radius 3 is 2.06 bits per heavy atom. The van der Waals surface area contributed by atoms with Gasteiger partial charge in [0.1, 0.15) is 0 Å². The summed E-state index contributed by atoms with van der Waals surface area (Å²) >= 11 is 5.75. The number of methoxy groups -OCH3 is 2. The Morgan fingerprint density at radius 1 is 1.06 bits per heavy atom. The molecule has 6 nitrogen and oxygen atoms in total. The Balaban J connectivity index is 2.99. The molecule has 0 fully saturated rings. The SMILES string of the molecule is CCCN(CCCl)c1nc(OC)nc(OC)n1. The summed E-state index contributed by atoms with van der Waals surface area (Å²) < 4.78 is 10.0. The van der Waals surface area contributed by atoms with Crippen LogP contribution in [0.5, 0.6) is 12.0 Å². The Labute approximate surface area is 106 Å². The lowest BCUT2D eigenvalue weighted by Crippen LogP contribution is -2.28. The number of ether oxygens (including phenoxy) is 2. The van der Waals surface area contributed by atoms with Crippen LogP contribution in [0.2, 0.25) is 0 Å². The van der Waals surface area contributed by atoms with Crippen LogP contribution in [0.25, 0.3) is 0 Å². The number of hydrogen-bond donors (Lipinski definition) is 0. The molecular formula is C10H17ClN4O2. The molecule has 7 heteroatoms. The van der Waals surface area contributed by atoms with Crippen molar-refractivity contribution in [2.75, 3.05) is 38.1 Å². The lowest BCUT2D eigenvalue weighted by Gasteiger charge is -2.20. The third-order valence-corrected chi connectivity index (χ3v) is 2.25. The van der Waals surface area contributed by atoms with Gasteiger partial charge in [-0.15, -0.1) is 16.6 Å². The van der Waals surface area contributed by atoms with E-state index in [9.17, 15) is 0 Å². The second kappa shape index (κ2) is 7.11. The maximum atomic E-state index is 5.75. The Kier molecular flexibility index (Phi) is 5.76. The van der Waals surface area contributed by atoms with E-state index in [0.717, 1.165) is 13.0 Å². The number of nitrogens with zero attached hydrogens (tertiary/aromatic N) is 4. The van der Waals surface area contributed by atoms with Crippen molar-refractivity contribution in [3.63, 3.8) is 0 Å². The van der Waals surface area contributed by atoms with Crippen molar-refractivity contribution < 1.29 is 9.47 Å². The second-order valence-corrected chi connectivity index (χ2v) is 3.66. The Hall–Kier alpha value is -1.30. The molecule has 1 aromatic heterocycles. The van der Waals surface area contributed by atoms with Gasteiger partial charge in [0.05, 0.1) is 14.2 Å². The number of rotatable bonds is 7. The largest absolute Gasteiger partial charge is 0.467 e. The molecule has 0 radical (unpaired) electrons. The molecule has 0 spiro atoms. The Bertz CT molecular complexity index is 323. The maximum absolute atomic E-state index is 5.75. The third-order valence-electron chi connectivity index (χ3n) is 2.08. The van der Waals surface area contributed by atoms with Crippen LogP contribution in [-0.2, 0) is 0 Å². The van der Waals surface area contributed by atoms with E-state index in [1.807, 2.05) is 4.90 Å². The highest BCUT2D eigenvalue weighted by Gasteiger charge is 2.13. The van der Waals surface area contributed by atoms with E-state index >= 15 is 0 Å². The number of hydrogen-bond acceptors (Lipinski definition) is 6. The van der Waals surface area contributed by atoms with Crippen LogP contribution in [0.4, 0.5) is 5.95 Å². The highest BCUT2D eigenvalue weighted by molar-refractivity contribution is 6.18. The van der Waals surface area contributed by atoms with Crippen LogP contribution in [0, 0.1) is 0 Å². The lowest BCUT2D eigenvalue weighted by molar-refractivity contribution is 0.340. The van der Waals surface area contributed by atoms with Crippen molar-refractivity contribution in [2.24, 2.45) is 0 Å². The molecule has 0 aliphatic heterocycles. The summed E-state index contributed by atoms with van der Waals surface area (Å²) in [5.74, 6) is 1.03. The van der Waals surface area contributed by atoms with Gasteiger partial charge in [0.25, 0.3) is 0 Å². The molecule has 0 amide bonds.